The van der Waals surface area contributed by atoms with Crippen LogP contribution in [0.25, 0.3) is 6.08 Å². The molecule has 0 atom stereocenters. The fraction of sp³-hybridized carbons (Fsp3) is 0.111. The van der Waals surface area contributed by atoms with Gasteiger partial charge in [0.1, 0.15) is 17.1 Å². The van der Waals surface area contributed by atoms with E-state index in [1.54, 1.807) is 54.6 Å². The average Bonchev–Trinajstić information content (AvgIpc) is 2.88. The molecule has 0 radical (unpaired) electrons. The first-order valence-corrected chi connectivity index (χ1v) is 11.5. The Morgan fingerprint density at radius 1 is 1.03 bits per heavy atom. The summed E-state index contributed by atoms with van der Waals surface area (Å²) in [5, 5.41) is 5.41. The lowest BCUT2D eigenvalue weighted by molar-refractivity contribution is -0.122. The Hall–Kier alpha value is -4.63. The molecule has 1 saturated heterocycles. The van der Waals surface area contributed by atoms with Gasteiger partial charge in [-0.25, -0.2) is 9.69 Å². The molecule has 0 spiro atoms. The number of carbonyl (C=O) groups is 4. The van der Waals surface area contributed by atoms with Crippen molar-refractivity contribution in [2.45, 2.75) is 6.92 Å². The van der Waals surface area contributed by atoms with Gasteiger partial charge < -0.3 is 14.8 Å². The molecule has 1 heterocycles. The third kappa shape index (κ3) is 5.96. The van der Waals surface area contributed by atoms with Crippen molar-refractivity contribution in [1.29, 1.82) is 0 Å². The van der Waals surface area contributed by atoms with E-state index in [4.69, 9.17) is 21.1 Å². The number of ether oxygens (including phenoxy) is 2. The Kier molecular flexibility index (Phi) is 7.55. The van der Waals surface area contributed by atoms with Gasteiger partial charge in [0.05, 0.1) is 12.8 Å². The van der Waals surface area contributed by atoms with E-state index in [-0.39, 0.29) is 23.8 Å². The Morgan fingerprint density at radius 2 is 1.78 bits per heavy atom. The van der Waals surface area contributed by atoms with E-state index in [0.29, 0.717) is 27.8 Å². The zero-order valence-corrected chi connectivity index (χ0v) is 20.7. The van der Waals surface area contributed by atoms with E-state index in [1.807, 2.05) is 6.92 Å². The van der Waals surface area contributed by atoms with Gasteiger partial charge >= 0.3 is 6.03 Å². The number of carbonyl (C=O) groups excluding carboxylic acids is 4. The number of nitrogens with one attached hydrogen (secondary N) is 2. The minimum absolute atomic E-state index is 0.235. The maximum Gasteiger partial charge on any atom is 0.335 e. The van der Waals surface area contributed by atoms with Crippen LogP contribution in [-0.4, -0.2) is 37.5 Å². The third-order valence-electron chi connectivity index (χ3n) is 5.43. The first kappa shape index (κ1) is 25.5. The number of nitrogens with zero attached hydrogens (tertiary/aromatic N) is 1. The van der Waals surface area contributed by atoms with Crippen LogP contribution in [0.5, 0.6) is 11.5 Å². The SMILES string of the molecule is COc1ccc(N2C(=O)NC(=O)/C(=C\c3cccc(OCC(=O)Nc4ccc(C)c(Cl)c4)c3)C2=O)cc1. The van der Waals surface area contributed by atoms with E-state index in [0.717, 1.165) is 10.5 Å². The largest absolute Gasteiger partial charge is 0.497 e. The molecule has 0 aliphatic carbocycles. The van der Waals surface area contributed by atoms with Gasteiger partial charge in [-0.2, -0.15) is 0 Å². The number of hydrogen-bond acceptors (Lipinski definition) is 6. The maximum absolute atomic E-state index is 13.1. The van der Waals surface area contributed by atoms with E-state index in [1.165, 1.54) is 25.3 Å². The highest BCUT2D eigenvalue weighted by molar-refractivity contribution is 6.39. The van der Waals surface area contributed by atoms with Crippen LogP contribution in [0.2, 0.25) is 5.02 Å². The third-order valence-corrected chi connectivity index (χ3v) is 5.83. The molecule has 4 rings (SSSR count). The van der Waals surface area contributed by atoms with Gasteiger partial charge in [0.15, 0.2) is 6.61 Å². The number of benzene rings is 3. The number of urea groups is 1. The van der Waals surface area contributed by atoms with Gasteiger partial charge in [0, 0.05) is 10.7 Å². The quantitative estimate of drug-likeness (QED) is 0.354. The van der Waals surface area contributed by atoms with Gasteiger partial charge in [-0.05, 0) is 72.7 Å². The Morgan fingerprint density at radius 3 is 2.49 bits per heavy atom. The van der Waals surface area contributed by atoms with Crippen molar-refractivity contribution >= 4 is 52.8 Å². The maximum atomic E-state index is 13.1. The highest BCUT2D eigenvalue weighted by Crippen LogP contribution is 2.25. The van der Waals surface area contributed by atoms with Gasteiger partial charge in [0.25, 0.3) is 17.7 Å². The smallest absolute Gasteiger partial charge is 0.335 e. The zero-order valence-electron chi connectivity index (χ0n) is 19.9. The lowest BCUT2D eigenvalue weighted by Crippen LogP contribution is -2.54. The minimum Gasteiger partial charge on any atom is -0.497 e. The van der Waals surface area contributed by atoms with Crippen molar-refractivity contribution in [2.75, 3.05) is 23.9 Å². The molecule has 0 saturated carbocycles. The number of halogens is 1. The summed E-state index contributed by atoms with van der Waals surface area (Å²) in [4.78, 5) is 51.1. The molecule has 5 amide bonds. The topological polar surface area (TPSA) is 114 Å². The molecular formula is C27H22ClN3O6. The molecular weight excluding hydrogens is 498 g/mol. The van der Waals surface area contributed by atoms with Crippen LogP contribution < -0.4 is 25.0 Å². The summed E-state index contributed by atoms with van der Waals surface area (Å²) in [6, 6.07) is 17.1. The number of hydrogen-bond donors (Lipinski definition) is 2. The van der Waals surface area contributed by atoms with E-state index >= 15 is 0 Å². The van der Waals surface area contributed by atoms with Gasteiger partial charge in [-0.3, -0.25) is 19.7 Å². The first-order chi connectivity index (χ1) is 17.7. The van der Waals surface area contributed by atoms with Crippen LogP contribution in [0.4, 0.5) is 16.2 Å². The standard InChI is InChI=1S/C27H22ClN3O6/c1-16-6-7-18(14-23(16)28)29-24(32)15-37-21-5-3-4-17(12-21)13-22-25(33)30-27(35)31(26(22)34)19-8-10-20(36-2)11-9-19/h3-14H,15H2,1-2H3,(H,29,32)(H,30,33,35)/b22-13+. The lowest BCUT2D eigenvalue weighted by atomic mass is 10.1. The summed E-state index contributed by atoms with van der Waals surface area (Å²) in [5.74, 6) is -1.09. The molecule has 3 aromatic rings. The van der Waals surface area contributed by atoms with Crippen LogP contribution >= 0.6 is 11.6 Å². The lowest BCUT2D eigenvalue weighted by Gasteiger charge is -2.26. The Bertz CT molecular complexity index is 1420. The fourth-order valence-electron chi connectivity index (χ4n) is 3.50. The zero-order chi connectivity index (χ0) is 26.5. The predicted octanol–water partition coefficient (Wildman–Crippen LogP) is 4.34. The van der Waals surface area contributed by atoms with Crippen LogP contribution in [0.15, 0.2) is 72.3 Å². The summed E-state index contributed by atoms with van der Waals surface area (Å²) in [6.45, 7) is 1.59. The fourth-order valence-corrected chi connectivity index (χ4v) is 3.68. The van der Waals surface area contributed by atoms with Crippen LogP contribution in [0, 0.1) is 6.92 Å². The number of aryl methyl sites for hydroxylation is 1. The number of rotatable bonds is 7. The van der Waals surface area contributed by atoms with E-state index in [9.17, 15) is 19.2 Å². The number of anilines is 2. The van der Waals surface area contributed by atoms with Crippen LogP contribution in [0.1, 0.15) is 11.1 Å². The highest BCUT2D eigenvalue weighted by Gasteiger charge is 2.36. The summed E-state index contributed by atoms with van der Waals surface area (Å²) in [5.41, 5.74) is 1.94. The monoisotopic (exact) mass is 519 g/mol. The van der Waals surface area contributed by atoms with E-state index < -0.39 is 17.8 Å². The van der Waals surface area contributed by atoms with Crippen molar-refractivity contribution in [2.24, 2.45) is 0 Å². The molecule has 1 aliphatic rings. The van der Waals surface area contributed by atoms with Crippen LogP contribution in [0.3, 0.4) is 0 Å². The van der Waals surface area contributed by atoms with Gasteiger partial charge in [-0.1, -0.05) is 29.8 Å². The minimum atomic E-state index is -0.852. The van der Waals surface area contributed by atoms with Gasteiger partial charge in [0.2, 0.25) is 0 Å². The number of barbiturate groups is 1. The highest BCUT2D eigenvalue weighted by atomic mass is 35.5. The van der Waals surface area contributed by atoms with E-state index in [2.05, 4.69) is 10.6 Å². The first-order valence-electron chi connectivity index (χ1n) is 11.1. The second-order valence-corrected chi connectivity index (χ2v) is 8.44. The molecule has 2 N–H and O–H groups in total. The van der Waals surface area contributed by atoms with Crippen LogP contribution in [-0.2, 0) is 14.4 Å². The summed E-state index contributed by atoms with van der Waals surface area (Å²) < 4.78 is 10.7. The molecule has 37 heavy (non-hydrogen) atoms. The van der Waals surface area contributed by atoms with Crippen molar-refractivity contribution in [1.82, 2.24) is 5.32 Å². The molecule has 3 aromatic carbocycles. The average molecular weight is 520 g/mol. The number of imide groups is 2. The van der Waals surface area contributed by atoms with Crippen molar-refractivity contribution < 1.29 is 28.7 Å². The second-order valence-electron chi connectivity index (χ2n) is 8.03. The predicted molar refractivity (Wildman–Crippen MR) is 139 cm³/mol. The molecule has 188 valence electrons. The number of methoxy groups -OCH3 is 1. The summed E-state index contributed by atoms with van der Waals surface area (Å²) in [7, 11) is 1.50. The molecule has 1 fully saturated rings. The van der Waals surface area contributed by atoms with Crippen molar-refractivity contribution in [3.05, 3.63) is 88.5 Å². The van der Waals surface area contributed by atoms with Crippen molar-refractivity contribution in [3.63, 3.8) is 0 Å². The Labute approximate surface area is 217 Å². The van der Waals surface area contributed by atoms with Gasteiger partial charge in [-0.15, -0.1) is 0 Å². The molecule has 10 heteroatoms. The second kappa shape index (κ2) is 11.0. The van der Waals surface area contributed by atoms with Crippen molar-refractivity contribution in [3.8, 4) is 11.5 Å². The molecule has 9 nitrogen and oxygen atoms in total. The Balaban J connectivity index is 1.47. The molecule has 0 bridgehead atoms. The molecule has 1 aliphatic heterocycles. The summed E-state index contributed by atoms with van der Waals surface area (Å²) in [6.07, 6.45) is 1.35. The molecule has 0 unspecified atom stereocenters. The molecule has 0 aromatic heterocycles. The normalized spacial score (nSPS) is 14.4. The summed E-state index contributed by atoms with van der Waals surface area (Å²) >= 11 is 6.09. The number of amides is 5.